The van der Waals surface area contributed by atoms with Crippen molar-refractivity contribution < 1.29 is 19.5 Å². The molecule has 1 aliphatic carbocycles. The summed E-state index contributed by atoms with van der Waals surface area (Å²) in [5.41, 5.74) is 0.920. The lowest BCUT2D eigenvalue weighted by Crippen LogP contribution is -2.40. The maximum atomic E-state index is 12.5. The van der Waals surface area contributed by atoms with E-state index in [2.05, 4.69) is 5.32 Å². The average molecular weight is 380 g/mol. The molecule has 2 amide bonds. The van der Waals surface area contributed by atoms with E-state index in [4.69, 9.17) is 0 Å². The van der Waals surface area contributed by atoms with Gasteiger partial charge in [-0.15, -0.1) is 0 Å². The lowest BCUT2D eigenvalue weighted by Gasteiger charge is -2.16. The Morgan fingerprint density at radius 2 is 1.79 bits per heavy atom. The number of hydrogen-bond donors (Lipinski definition) is 2. The van der Waals surface area contributed by atoms with Gasteiger partial charge < -0.3 is 15.3 Å². The Kier molecular flexibility index (Phi) is 5.03. The minimum atomic E-state index is -0.827. The van der Waals surface area contributed by atoms with Gasteiger partial charge in [-0.05, 0) is 41.0 Å². The minimum Gasteiger partial charge on any atom is -0.481 e. The van der Waals surface area contributed by atoms with E-state index in [1.54, 1.807) is 4.90 Å². The summed E-state index contributed by atoms with van der Waals surface area (Å²) in [5, 5.41) is 14.2. The second kappa shape index (κ2) is 7.62. The van der Waals surface area contributed by atoms with Crippen molar-refractivity contribution >= 4 is 28.6 Å². The van der Waals surface area contributed by atoms with Crippen LogP contribution in [0.5, 0.6) is 0 Å². The van der Waals surface area contributed by atoms with Gasteiger partial charge in [-0.2, -0.15) is 0 Å². The van der Waals surface area contributed by atoms with Gasteiger partial charge in [0.1, 0.15) is 0 Å². The first-order valence-electron chi connectivity index (χ1n) is 9.77. The fraction of sp³-hybridized carbons (Fsp3) is 0.409. The summed E-state index contributed by atoms with van der Waals surface area (Å²) in [7, 11) is 0. The summed E-state index contributed by atoms with van der Waals surface area (Å²) in [6.45, 7) is 0.640. The molecule has 0 unspecified atom stereocenters. The molecule has 6 nitrogen and oxygen atoms in total. The largest absolute Gasteiger partial charge is 0.481 e. The summed E-state index contributed by atoms with van der Waals surface area (Å²) < 4.78 is 0. The van der Waals surface area contributed by atoms with E-state index < -0.39 is 11.9 Å². The smallest absolute Gasteiger partial charge is 0.308 e. The first kappa shape index (κ1) is 18.5. The average Bonchev–Trinajstić information content (AvgIpc) is 3.44. The Bertz CT molecular complexity index is 916. The van der Waals surface area contributed by atoms with E-state index >= 15 is 0 Å². The Morgan fingerprint density at radius 1 is 1.04 bits per heavy atom. The Balaban J connectivity index is 1.33. The SMILES string of the molecule is O=C(Cc1cccc2ccccc12)NCC(=O)N1C[C@H](C(=O)O)[C@@H](C2CC2)C1. The molecule has 1 saturated heterocycles. The van der Waals surface area contributed by atoms with E-state index in [0.29, 0.717) is 12.5 Å². The number of aliphatic carboxylic acids is 1. The van der Waals surface area contributed by atoms with Crippen molar-refractivity contribution in [2.24, 2.45) is 17.8 Å². The topological polar surface area (TPSA) is 86.7 Å². The number of fused-ring (bicyclic) bond motifs is 1. The van der Waals surface area contributed by atoms with Gasteiger partial charge in [0.15, 0.2) is 0 Å². The van der Waals surface area contributed by atoms with Crippen LogP contribution >= 0.6 is 0 Å². The van der Waals surface area contributed by atoms with Crippen LogP contribution in [0.1, 0.15) is 18.4 Å². The zero-order valence-corrected chi connectivity index (χ0v) is 15.6. The van der Waals surface area contributed by atoms with Crippen molar-refractivity contribution in [2.45, 2.75) is 19.3 Å². The van der Waals surface area contributed by atoms with Gasteiger partial charge in [0.05, 0.1) is 18.9 Å². The monoisotopic (exact) mass is 380 g/mol. The quantitative estimate of drug-likeness (QED) is 0.803. The molecule has 28 heavy (non-hydrogen) atoms. The molecular formula is C22H24N2O4. The van der Waals surface area contributed by atoms with Gasteiger partial charge in [0, 0.05) is 13.1 Å². The fourth-order valence-corrected chi connectivity index (χ4v) is 4.26. The van der Waals surface area contributed by atoms with Crippen molar-refractivity contribution in [1.29, 1.82) is 0 Å². The summed E-state index contributed by atoms with van der Waals surface area (Å²) in [5.74, 6) is -1.25. The number of likely N-dealkylation sites (tertiary alicyclic amines) is 1. The molecule has 1 heterocycles. The highest BCUT2D eigenvalue weighted by atomic mass is 16.4. The van der Waals surface area contributed by atoms with Crippen LogP contribution in [0, 0.1) is 17.8 Å². The van der Waals surface area contributed by atoms with Crippen LogP contribution in [0.2, 0.25) is 0 Å². The predicted molar refractivity (Wildman–Crippen MR) is 105 cm³/mol. The summed E-state index contributed by atoms with van der Waals surface area (Å²) in [4.78, 5) is 37.9. The third kappa shape index (κ3) is 3.86. The van der Waals surface area contributed by atoms with Crippen molar-refractivity contribution in [3.05, 3.63) is 48.0 Å². The van der Waals surface area contributed by atoms with Gasteiger partial charge in [-0.25, -0.2) is 0 Å². The van der Waals surface area contributed by atoms with Crippen molar-refractivity contribution in [3.8, 4) is 0 Å². The number of nitrogens with zero attached hydrogens (tertiary/aromatic N) is 1. The molecule has 2 fully saturated rings. The lowest BCUT2D eigenvalue weighted by molar-refractivity contribution is -0.143. The number of nitrogens with one attached hydrogen (secondary N) is 1. The van der Waals surface area contributed by atoms with E-state index in [9.17, 15) is 19.5 Å². The third-order valence-corrected chi connectivity index (χ3v) is 5.93. The third-order valence-electron chi connectivity index (χ3n) is 5.93. The number of hydrogen-bond acceptors (Lipinski definition) is 3. The molecule has 6 heteroatoms. The molecule has 0 radical (unpaired) electrons. The van der Waals surface area contributed by atoms with Gasteiger partial charge in [-0.1, -0.05) is 42.5 Å². The standard InChI is InChI=1S/C22H24N2O4/c25-20(10-16-6-3-5-14-4-1-2-7-17(14)16)23-11-21(26)24-12-18(15-8-9-15)19(13-24)22(27)28/h1-7,15,18-19H,8-13H2,(H,23,25)(H,27,28)/t18-,19+/m1/s1. The molecule has 4 rings (SSSR count). The van der Waals surface area contributed by atoms with Crippen LogP contribution in [0.3, 0.4) is 0 Å². The van der Waals surface area contributed by atoms with E-state index in [0.717, 1.165) is 29.2 Å². The molecule has 1 saturated carbocycles. The maximum absolute atomic E-state index is 12.5. The molecule has 2 aromatic rings. The van der Waals surface area contributed by atoms with Gasteiger partial charge in [-0.3, -0.25) is 14.4 Å². The number of carbonyl (C=O) groups is 3. The van der Waals surface area contributed by atoms with Crippen molar-refractivity contribution in [2.75, 3.05) is 19.6 Å². The number of carbonyl (C=O) groups excluding carboxylic acids is 2. The maximum Gasteiger partial charge on any atom is 0.308 e. The van der Waals surface area contributed by atoms with E-state index in [-0.39, 0.29) is 37.2 Å². The normalized spacial score (nSPS) is 21.6. The molecule has 2 N–H and O–H groups in total. The van der Waals surface area contributed by atoms with Gasteiger partial charge >= 0.3 is 5.97 Å². The van der Waals surface area contributed by atoms with Gasteiger partial charge in [0.25, 0.3) is 0 Å². The van der Waals surface area contributed by atoms with Crippen LogP contribution in [0.4, 0.5) is 0 Å². The second-order valence-corrected chi connectivity index (χ2v) is 7.84. The Labute approximate surface area is 163 Å². The molecule has 0 bridgehead atoms. The van der Waals surface area contributed by atoms with Crippen molar-refractivity contribution in [3.63, 3.8) is 0 Å². The van der Waals surface area contributed by atoms with Crippen molar-refractivity contribution in [1.82, 2.24) is 10.2 Å². The van der Waals surface area contributed by atoms with Gasteiger partial charge in [0.2, 0.25) is 11.8 Å². The molecule has 0 spiro atoms. The van der Waals surface area contributed by atoms with E-state index in [1.165, 1.54) is 0 Å². The Hall–Kier alpha value is -2.89. The number of carboxylic acids is 1. The number of rotatable bonds is 6. The number of benzene rings is 2. The van der Waals surface area contributed by atoms with Crippen LogP contribution in [-0.2, 0) is 20.8 Å². The van der Waals surface area contributed by atoms with Crippen LogP contribution in [-0.4, -0.2) is 47.4 Å². The molecular weight excluding hydrogens is 356 g/mol. The predicted octanol–water partition coefficient (Wildman–Crippen LogP) is 2.07. The summed E-state index contributed by atoms with van der Waals surface area (Å²) >= 11 is 0. The first-order valence-corrected chi connectivity index (χ1v) is 9.77. The highest BCUT2D eigenvalue weighted by Crippen LogP contribution is 2.44. The van der Waals surface area contributed by atoms with E-state index in [1.807, 2.05) is 42.5 Å². The first-order chi connectivity index (χ1) is 13.5. The summed E-state index contributed by atoms with van der Waals surface area (Å²) in [6.07, 6.45) is 2.31. The molecule has 2 atom stereocenters. The molecule has 0 aromatic heterocycles. The highest BCUT2D eigenvalue weighted by Gasteiger charge is 2.46. The number of carboxylic acid groups (broad SMARTS) is 1. The molecule has 2 aliphatic rings. The summed E-state index contributed by atoms with van der Waals surface area (Å²) in [6, 6.07) is 13.7. The highest BCUT2D eigenvalue weighted by molar-refractivity contribution is 5.91. The minimum absolute atomic E-state index is 0.0489. The molecule has 2 aromatic carbocycles. The number of amides is 2. The lowest BCUT2D eigenvalue weighted by atomic mass is 9.92. The zero-order chi connectivity index (χ0) is 19.7. The zero-order valence-electron chi connectivity index (χ0n) is 15.6. The van der Waals surface area contributed by atoms with Crippen LogP contribution in [0.15, 0.2) is 42.5 Å². The molecule has 1 aliphatic heterocycles. The fourth-order valence-electron chi connectivity index (χ4n) is 4.26. The molecule has 146 valence electrons. The Morgan fingerprint density at radius 3 is 2.54 bits per heavy atom. The second-order valence-electron chi connectivity index (χ2n) is 7.84. The van der Waals surface area contributed by atoms with Crippen LogP contribution < -0.4 is 5.32 Å². The van der Waals surface area contributed by atoms with Crippen LogP contribution in [0.25, 0.3) is 10.8 Å².